The minimum Gasteiger partial charge on any atom is -0.480 e. The van der Waals surface area contributed by atoms with Crippen LogP contribution in [0.3, 0.4) is 0 Å². The van der Waals surface area contributed by atoms with Gasteiger partial charge >= 0.3 is 5.97 Å². The molecule has 9 nitrogen and oxygen atoms in total. The molecule has 9 heteroatoms. The van der Waals surface area contributed by atoms with E-state index in [1.165, 1.54) is 10.9 Å². The van der Waals surface area contributed by atoms with Gasteiger partial charge in [0.25, 0.3) is 0 Å². The van der Waals surface area contributed by atoms with Gasteiger partial charge in [0.15, 0.2) is 0 Å². The number of aliphatic carboxylic acids is 1. The number of hydrogen-bond donors (Lipinski definition) is 2. The third kappa shape index (κ3) is 5.95. The van der Waals surface area contributed by atoms with Crippen LogP contribution in [0, 0.1) is 0 Å². The van der Waals surface area contributed by atoms with Gasteiger partial charge in [-0.05, 0) is 26.2 Å². The second kappa shape index (κ2) is 8.59. The number of aromatic nitrogens is 3. The number of nitrogens with one attached hydrogen (secondary N) is 1. The average molecular weight is 326 g/mol. The largest absolute Gasteiger partial charge is 0.480 e. The first-order chi connectivity index (χ1) is 11.0. The van der Waals surface area contributed by atoms with Crippen molar-refractivity contribution in [1.29, 1.82) is 0 Å². The van der Waals surface area contributed by atoms with Gasteiger partial charge in [0.1, 0.15) is 18.3 Å². The van der Waals surface area contributed by atoms with Crippen molar-refractivity contribution < 1.29 is 24.2 Å². The van der Waals surface area contributed by atoms with E-state index in [1.54, 1.807) is 6.92 Å². The molecule has 1 aromatic rings. The smallest absolute Gasteiger partial charge is 0.325 e. The summed E-state index contributed by atoms with van der Waals surface area (Å²) in [5.41, 5.74) is 0.488. The molecule has 23 heavy (non-hydrogen) atoms. The van der Waals surface area contributed by atoms with E-state index in [9.17, 15) is 9.59 Å². The fraction of sp³-hybridized carbons (Fsp3) is 0.714. The van der Waals surface area contributed by atoms with Crippen molar-refractivity contribution in [2.75, 3.05) is 13.2 Å². The molecule has 2 atom stereocenters. The molecule has 0 aliphatic carbocycles. The second-order valence-corrected chi connectivity index (χ2v) is 5.48. The van der Waals surface area contributed by atoms with Gasteiger partial charge in [0.2, 0.25) is 5.91 Å². The highest BCUT2D eigenvalue weighted by Crippen LogP contribution is 2.13. The van der Waals surface area contributed by atoms with Gasteiger partial charge in [-0.2, -0.15) is 0 Å². The van der Waals surface area contributed by atoms with Crippen LogP contribution in [0.2, 0.25) is 0 Å². The standard InChI is InChI=1S/C14H22N4O5/c1-10(23-9-12-4-2-3-5-22-12)14(21)15-6-11-7-18(17-16-11)8-13(19)20/h7,10,12H,2-6,8-9H2,1H3,(H,15,21)(H,19,20). The van der Waals surface area contributed by atoms with Crippen LogP contribution in [0.25, 0.3) is 0 Å². The molecule has 1 saturated heterocycles. The van der Waals surface area contributed by atoms with Gasteiger partial charge in [0, 0.05) is 6.61 Å². The molecule has 2 N–H and O–H groups in total. The van der Waals surface area contributed by atoms with Crippen molar-refractivity contribution in [1.82, 2.24) is 20.3 Å². The summed E-state index contributed by atoms with van der Waals surface area (Å²) < 4.78 is 12.3. The Morgan fingerprint density at radius 1 is 1.57 bits per heavy atom. The summed E-state index contributed by atoms with van der Waals surface area (Å²) in [6, 6.07) is 0. The highest BCUT2D eigenvalue weighted by atomic mass is 16.5. The molecule has 2 unspecified atom stereocenters. The minimum absolute atomic E-state index is 0.0647. The van der Waals surface area contributed by atoms with E-state index in [0.717, 1.165) is 25.9 Å². The molecule has 128 valence electrons. The highest BCUT2D eigenvalue weighted by molar-refractivity contribution is 5.80. The number of nitrogens with zero attached hydrogens (tertiary/aromatic N) is 3. The maximum absolute atomic E-state index is 11.9. The van der Waals surface area contributed by atoms with E-state index in [-0.39, 0.29) is 25.1 Å². The van der Waals surface area contributed by atoms with E-state index in [4.69, 9.17) is 14.6 Å². The zero-order valence-corrected chi connectivity index (χ0v) is 13.1. The number of carbonyl (C=O) groups is 2. The highest BCUT2D eigenvalue weighted by Gasteiger charge is 2.19. The van der Waals surface area contributed by atoms with Gasteiger partial charge in [-0.25, -0.2) is 4.68 Å². The number of carboxylic acid groups (broad SMARTS) is 1. The predicted molar refractivity (Wildman–Crippen MR) is 78.5 cm³/mol. The lowest BCUT2D eigenvalue weighted by molar-refractivity contribution is -0.138. The molecular formula is C14H22N4O5. The first kappa shape index (κ1) is 17.4. The molecule has 1 aromatic heterocycles. The molecule has 1 fully saturated rings. The maximum Gasteiger partial charge on any atom is 0.325 e. The van der Waals surface area contributed by atoms with Crippen LogP contribution in [0.4, 0.5) is 0 Å². The Hall–Kier alpha value is -2.00. The van der Waals surface area contributed by atoms with Crippen molar-refractivity contribution >= 4 is 11.9 Å². The molecule has 0 radical (unpaired) electrons. The first-order valence-corrected chi connectivity index (χ1v) is 7.66. The summed E-state index contributed by atoms with van der Waals surface area (Å²) in [4.78, 5) is 22.5. The SMILES string of the molecule is CC(OCC1CCCCO1)C(=O)NCc1cn(CC(=O)O)nn1. The molecule has 2 rings (SSSR count). The fourth-order valence-corrected chi connectivity index (χ4v) is 2.22. The molecule has 2 heterocycles. The minimum atomic E-state index is -1.00. The Morgan fingerprint density at radius 2 is 2.39 bits per heavy atom. The van der Waals surface area contributed by atoms with E-state index in [2.05, 4.69) is 15.6 Å². The summed E-state index contributed by atoms with van der Waals surface area (Å²) in [6.07, 6.45) is 4.12. The summed E-state index contributed by atoms with van der Waals surface area (Å²) in [5.74, 6) is -1.26. The van der Waals surface area contributed by atoms with Gasteiger partial charge < -0.3 is 19.9 Å². The van der Waals surface area contributed by atoms with E-state index >= 15 is 0 Å². The summed E-state index contributed by atoms with van der Waals surface area (Å²) in [6.45, 7) is 2.75. The average Bonchev–Trinajstić information content (AvgIpc) is 2.98. The van der Waals surface area contributed by atoms with E-state index in [0.29, 0.717) is 12.3 Å². The first-order valence-electron chi connectivity index (χ1n) is 7.66. The molecule has 1 aliphatic rings. The Labute approximate surface area is 133 Å². The van der Waals surface area contributed by atoms with Crippen molar-refractivity contribution in [3.63, 3.8) is 0 Å². The summed E-state index contributed by atoms with van der Waals surface area (Å²) >= 11 is 0. The van der Waals surface area contributed by atoms with Crippen molar-refractivity contribution in [2.24, 2.45) is 0 Å². The topological polar surface area (TPSA) is 116 Å². The lowest BCUT2D eigenvalue weighted by atomic mass is 10.1. The molecule has 1 amide bonds. The molecular weight excluding hydrogens is 304 g/mol. The van der Waals surface area contributed by atoms with E-state index in [1.807, 2.05) is 0 Å². The Bertz CT molecular complexity index is 527. The van der Waals surface area contributed by atoms with Crippen molar-refractivity contribution in [3.8, 4) is 0 Å². The van der Waals surface area contributed by atoms with Gasteiger partial charge in [-0.1, -0.05) is 5.21 Å². The molecule has 0 bridgehead atoms. The van der Waals surface area contributed by atoms with Gasteiger partial charge in [0.05, 0.1) is 25.5 Å². The van der Waals surface area contributed by atoms with Crippen LogP contribution >= 0.6 is 0 Å². The third-order valence-corrected chi connectivity index (χ3v) is 3.50. The number of carboxylic acids is 1. The Morgan fingerprint density at radius 3 is 3.09 bits per heavy atom. The molecule has 0 aromatic carbocycles. The number of amides is 1. The van der Waals surface area contributed by atoms with Crippen LogP contribution in [0.15, 0.2) is 6.20 Å². The van der Waals surface area contributed by atoms with Gasteiger partial charge in [-0.3, -0.25) is 9.59 Å². The number of ether oxygens (including phenoxy) is 2. The van der Waals surface area contributed by atoms with Crippen LogP contribution < -0.4 is 5.32 Å². The van der Waals surface area contributed by atoms with Crippen LogP contribution in [-0.2, 0) is 32.2 Å². The quantitative estimate of drug-likeness (QED) is 0.688. The van der Waals surface area contributed by atoms with Crippen LogP contribution in [0.5, 0.6) is 0 Å². The van der Waals surface area contributed by atoms with Gasteiger partial charge in [-0.15, -0.1) is 5.10 Å². The monoisotopic (exact) mass is 326 g/mol. The summed E-state index contributed by atoms with van der Waals surface area (Å²) in [7, 11) is 0. The fourth-order valence-electron chi connectivity index (χ4n) is 2.22. The number of rotatable bonds is 8. The van der Waals surface area contributed by atoms with Crippen molar-refractivity contribution in [3.05, 3.63) is 11.9 Å². The molecule has 0 saturated carbocycles. The van der Waals surface area contributed by atoms with Crippen LogP contribution in [-0.4, -0.2) is 57.4 Å². The van der Waals surface area contributed by atoms with Crippen molar-refractivity contribution in [2.45, 2.75) is 51.5 Å². The number of hydrogen-bond acceptors (Lipinski definition) is 6. The lowest BCUT2D eigenvalue weighted by Gasteiger charge is -2.23. The summed E-state index contributed by atoms with van der Waals surface area (Å²) in [5, 5.41) is 18.8. The third-order valence-electron chi connectivity index (χ3n) is 3.50. The van der Waals surface area contributed by atoms with E-state index < -0.39 is 12.1 Å². The Balaban J connectivity index is 1.68. The zero-order valence-electron chi connectivity index (χ0n) is 13.1. The van der Waals surface area contributed by atoms with Crippen LogP contribution in [0.1, 0.15) is 31.9 Å². The lowest BCUT2D eigenvalue weighted by Crippen LogP contribution is -2.36. The number of carbonyl (C=O) groups excluding carboxylic acids is 1. The second-order valence-electron chi connectivity index (χ2n) is 5.48. The molecule has 0 spiro atoms. The zero-order chi connectivity index (χ0) is 16.7. The molecule has 1 aliphatic heterocycles. The predicted octanol–water partition coefficient (Wildman–Crippen LogP) is -0.0469. The Kier molecular flexibility index (Phi) is 6.48. The normalized spacial score (nSPS) is 19.3. The maximum atomic E-state index is 11.9.